The number of aryl methyl sites for hydroxylation is 1. The average molecular weight is 304 g/mol. The Bertz CT molecular complexity index is 621. The number of alkyl carbamates (subject to hydrolysis) is 1. The molecule has 6 nitrogen and oxygen atoms in total. The number of nitrogens with one attached hydrogen (secondary N) is 1. The monoisotopic (exact) mass is 304 g/mol. The van der Waals surface area contributed by atoms with Crippen molar-refractivity contribution in [1.82, 2.24) is 5.32 Å². The number of nitro groups is 1. The first-order chi connectivity index (χ1) is 10.2. The van der Waals surface area contributed by atoms with E-state index in [1.807, 2.05) is 0 Å². The predicted octanol–water partition coefficient (Wildman–Crippen LogP) is 3.17. The van der Waals surface area contributed by atoms with Crippen LogP contribution in [0.15, 0.2) is 18.2 Å². The van der Waals surface area contributed by atoms with Crippen LogP contribution in [-0.2, 0) is 4.74 Å². The second-order valence-electron chi connectivity index (χ2n) is 5.74. The molecule has 0 unspecified atom stereocenters. The standard InChI is InChI=1S/C16H20N2O4/c1-12-8-9-13(11-14(12)18(20)21)7-5-6-10-17-15(19)22-16(2,3)4/h8-9,11H,6,10H2,1-4H3,(H,17,19). The molecular formula is C16H20N2O4. The van der Waals surface area contributed by atoms with Crippen LogP contribution >= 0.6 is 0 Å². The van der Waals surface area contributed by atoms with Crippen molar-refractivity contribution >= 4 is 11.8 Å². The Kier molecular flexibility index (Phi) is 5.93. The third kappa shape index (κ3) is 6.27. The van der Waals surface area contributed by atoms with Gasteiger partial charge in [-0.05, 0) is 33.8 Å². The fraction of sp³-hybridized carbons (Fsp3) is 0.438. The molecule has 1 rings (SSSR count). The van der Waals surface area contributed by atoms with Gasteiger partial charge in [0, 0.05) is 30.2 Å². The van der Waals surface area contributed by atoms with Crippen LogP contribution in [0.4, 0.5) is 10.5 Å². The topological polar surface area (TPSA) is 81.5 Å². The molecule has 0 saturated carbocycles. The Morgan fingerprint density at radius 2 is 2.09 bits per heavy atom. The van der Waals surface area contributed by atoms with Gasteiger partial charge in [-0.1, -0.05) is 17.9 Å². The van der Waals surface area contributed by atoms with E-state index in [1.165, 1.54) is 6.07 Å². The molecular weight excluding hydrogens is 284 g/mol. The van der Waals surface area contributed by atoms with E-state index in [2.05, 4.69) is 17.2 Å². The molecule has 0 heterocycles. The van der Waals surface area contributed by atoms with Gasteiger partial charge in [-0.15, -0.1) is 0 Å². The summed E-state index contributed by atoms with van der Waals surface area (Å²) < 4.78 is 5.08. The summed E-state index contributed by atoms with van der Waals surface area (Å²) in [5.41, 5.74) is 0.701. The SMILES string of the molecule is Cc1ccc(C#CCCNC(=O)OC(C)(C)C)cc1[N+](=O)[O-]. The maximum absolute atomic E-state index is 11.4. The molecule has 0 spiro atoms. The van der Waals surface area contributed by atoms with Gasteiger partial charge in [0.15, 0.2) is 0 Å². The Hall–Kier alpha value is -2.55. The summed E-state index contributed by atoms with van der Waals surface area (Å²) in [6.45, 7) is 7.40. The van der Waals surface area contributed by atoms with Crippen LogP contribution in [0, 0.1) is 28.9 Å². The van der Waals surface area contributed by atoms with Crippen molar-refractivity contribution in [2.45, 2.75) is 39.7 Å². The maximum atomic E-state index is 11.4. The smallest absolute Gasteiger partial charge is 0.407 e. The quantitative estimate of drug-likeness (QED) is 0.402. The van der Waals surface area contributed by atoms with Gasteiger partial charge >= 0.3 is 6.09 Å². The zero-order chi connectivity index (χ0) is 16.8. The minimum Gasteiger partial charge on any atom is -0.444 e. The number of benzene rings is 1. The average Bonchev–Trinajstić information content (AvgIpc) is 2.37. The number of nitro benzene ring substituents is 1. The number of nitrogens with zero attached hydrogens (tertiary/aromatic N) is 1. The zero-order valence-corrected chi connectivity index (χ0v) is 13.2. The number of hydrogen-bond donors (Lipinski definition) is 1. The maximum Gasteiger partial charge on any atom is 0.407 e. The highest BCUT2D eigenvalue weighted by Gasteiger charge is 2.15. The minimum absolute atomic E-state index is 0.0543. The molecule has 0 saturated heterocycles. The third-order valence-corrected chi connectivity index (χ3v) is 2.56. The Labute approximate surface area is 130 Å². The fourth-order valence-corrected chi connectivity index (χ4v) is 1.59. The summed E-state index contributed by atoms with van der Waals surface area (Å²) in [5.74, 6) is 5.71. The Morgan fingerprint density at radius 3 is 2.68 bits per heavy atom. The highest BCUT2D eigenvalue weighted by Crippen LogP contribution is 2.18. The van der Waals surface area contributed by atoms with E-state index in [9.17, 15) is 14.9 Å². The molecule has 22 heavy (non-hydrogen) atoms. The van der Waals surface area contributed by atoms with Crippen molar-refractivity contribution in [3.05, 3.63) is 39.4 Å². The lowest BCUT2D eigenvalue weighted by Gasteiger charge is -2.19. The van der Waals surface area contributed by atoms with Crippen LogP contribution in [0.25, 0.3) is 0 Å². The van der Waals surface area contributed by atoms with Gasteiger partial charge < -0.3 is 10.1 Å². The van der Waals surface area contributed by atoms with E-state index >= 15 is 0 Å². The lowest BCUT2D eigenvalue weighted by atomic mass is 10.1. The van der Waals surface area contributed by atoms with Crippen molar-refractivity contribution in [3.63, 3.8) is 0 Å². The van der Waals surface area contributed by atoms with Gasteiger partial charge in [0.05, 0.1) is 4.92 Å². The van der Waals surface area contributed by atoms with E-state index < -0.39 is 16.6 Å². The number of hydrogen-bond acceptors (Lipinski definition) is 4. The summed E-state index contributed by atoms with van der Waals surface area (Å²) in [4.78, 5) is 21.8. The molecule has 0 atom stereocenters. The Balaban J connectivity index is 2.50. The molecule has 0 aliphatic heterocycles. The summed E-state index contributed by atoms with van der Waals surface area (Å²) in [5, 5.41) is 13.4. The largest absolute Gasteiger partial charge is 0.444 e. The van der Waals surface area contributed by atoms with Gasteiger partial charge in [0.2, 0.25) is 0 Å². The number of ether oxygens (including phenoxy) is 1. The first-order valence-corrected chi connectivity index (χ1v) is 6.90. The molecule has 1 N–H and O–H groups in total. The van der Waals surface area contributed by atoms with Gasteiger partial charge in [0.25, 0.3) is 5.69 Å². The van der Waals surface area contributed by atoms with Gasteiger partial charge in [-0.25, -0.2) is 4.79 Å². The zero-order valence-electron chi connectivity index (χ0n) is 13.2. The molecule has 0 aliphatic rings. The summed E-state index contributed by atoms with van der Waals surface area (Å²) >= 11 is 0. The van der Waals surface area contributed by atoms with Crippen LogP contribution in [0.3, 0.4) is 0 Å². The second-order valence-corrected chi connectivity index (χ2v) is 5.74. The van der Waals surface area contributed by atoms with Crippen LogP contribution in [-0.4, -0.2) is 23.2 Å². The summed E-state index contributed by atoms with van der Waals surface area (Å²) in [7, 11) is 0. The molecule has 1 aromatic rings. The minimum atomic E-state index is -0.531. The van der Waals surface area contributed by atoms with E-state index in [4.69, 9.17) is 4.74 Å². The lowest BCUT2D eigenvalue weighted by molar-refractivity contribution is -0.385. The summed E-state index contributed by atoms with van der Waals surface area (Å²) in [6, 6.07) is 4.85. The third-order valence-electron chi connectivity index (χ3n) is 2.56. The molecule has 1 amide bonds. The number of carbonyl (C=O) groups is 1. The molecule has 0 bridgehead atoms. The molecule has 6 heteroatoms. The van der Waals surface area contributed by atoms with Crippen molar-refractivity contribution in [1.29, 1.82) is 0 Å². The van der Waals surface area contributed by atoms with E-state index in [-0.39, 0.29) is 5.69 Å². The van der Waals surface area contributed by atoms with Crippen molar-refractivity contribution in [3.8, 4) is 11.8 Å². The Morgan fingerprint density at radius 1 is 1.41 bits per heavy atom. The van der Waals surface area contributed by atoms with E-state index in [0.717, 1.165) is 0 Å². The molecule has 118 valence electrons. The number of carbonyl (C=O) groups excluding carboxylic acids is 1. The van der Waals surface area contributed by atoms with Gasteiger partial charge in [0.1, 0.15) is 5.60 Å². The van der Waals surface area contributed by atoms with Gasteiger partial charge in [-0.2, -0.15) is 0 Å². The predicted molar refractivity (Wildman–Crippen MR) is 83.6 cm³/mol. The molecule has 0 aromatic heterocycles. The van der Waals surface area contributed by atoms with Crippen LogP contribution in [0.1, 0.15) is 38.3 Å². The molecule has 0 aliphatic carbocycles. The first-order valence-electron chi connectivity index (χ1n) is 6.90. The highest BCUT2D eigenvalue weighted by atomic mass is 16.6. The highest BCUT2D eigenvalue weighted by molar-refractivity contribution is 5.67. The normalized spacial score (nSPS) is 10.4. The first kappa shape index (κ1) is 17.5. The van der Waals surface area contributed by atoms with Crippen molar-refractivity contribution in [2.24, 2.45) is 0 Å². The number of rotatable bonds is 3. The summed E-state index contributed by atoms with van der Waals surface area (Å²) in [6.07, 6.45) is -0.0544. The van der Waals surface area contributed by atoms with Crippen LogP contribution in [0.5, 0.6) is 0 Å². The van der Waals surface area contributed by atoms with E-state index in [0.29, 0.717) is 24.1 Å². The molecule has 0 fully saturated rings. The number of amides is 1. The van der Waals surface area contributed by atoms with Crippen molar-refractivity contribution in [2.75, 3.05) is 6.54 Å². The van der Waals surface area contributed by atoms with Crippen LogP contribution in [0.2, 0.25) is 0 Å². The van der Waals surface area contributed by atoms with Gasteiger partial charge in [-0.3, -0.25) is 10.1 Å². The van der Waals surface area contributed by atoms with Crippen molar-refractivity contribution < 1.29 is 14.5 Å². The molecule has 0 radical (unpaired) electrons. The second kappa shape index (κ2) is 7.46. The van der Waals surface area contributed by atoms with E-state index in [1.54, 1.807) is 39.8 Å². The van der Waals surface area contributed by atoms with Crippen LogP contribution < -0.4 is 5.32 Å². The lowest BCUT2D eigenvalue weighted by Crippen LogP contribution is -2.32. The fourth-order valence-electron chi connectivity index (χ4n) is 1.59. The molecule has 1 aromatic carbocycles.